The highest BCUT2D eigenvalue weighted by Crippen LogP contribution is 2.22. The lowest BCUT2D eigenvalue weighted by atomic mass is 9.94. The summed E-state index contributed by atoms with van der Waals surface area (Å²) in [5, 5.41) is 3.00. The quantitative estimate of drug-likeness (QED) is 0.905. The minimum Gasteiger partial charge on any atom is -0.355 e. The molecule has 1 N–H and O–H groups in total. The maximum Gasteiger partial charge on any atom is 0.233 e. The molecule has 20 heavy (non-hydrogen) atoms. The molecule has 0 fully saturated rings. The van der Waals surface area contributed by atoms with E-state index >= 15 is 0 Å². The molecule has 0 aliphatic rings. The Kier molecular flexibility index (Phi) is 4.88. The summed E-state index contributed by atoms with van der Waals surface area (Å²) in [6, 6.07) is 15.4. The van der Waals surface area contributed by atoms with Crippen LogP contribution in [0.25, 0.3) is 0 Å². The van der Waals surface area contributed by atoms with Gasteiger partial charge in [0.25, 0.3) is 0 Å². The number of rotatable bonds is 5. The SMILES string of the molecule is CC(C)CNC(=O)C(c1ccccc1)c1ccccn1. The molecule has 0 aliphatic carbocycles. The van der Waals surface area contributed by atoms with Gasteiger partial charge in [0.05, 0.1) is 5.69 Å². The van der Waals surface area contributed by atoms with Gasteiger partial charge in [-0.05, 0) is 23.6 Å². The molecule has 0 saturated heterocycles. The number of carbonyl (C=O) groups excluding carboxylic acids is 1. The minimum atomic E-state index is -0.351. The van der Waals surface area contributed by atoms with Gasteiger partial charge in [-0.2, -0.15) is 0 Å². The predicted molar refractivity (Wildman–Crippen MR) is 80.4 cm³/mol. The van der Waals surface area contributed by atoms with Crippen LogP contribution < -0.4 is 5.32 Å². The van der Waals surface area contributed by atoms with E-state index in [1.54, 1.807) is 6.20 Å². The third-order valence-electron chi connectivity index (χ3n) is 3.06. The summed E-state index contributed by atoms with van der Waals surface area (Å²) < 4.78 is 0. The molecular formula is C17H20N2O. The molecule has 1 unspecified atom stereocenters. The molecule has 2 rings (SSSR count). The van der Waals surface area contributed by atoms with Gasteiger partial charge in [0.15, 0.2) is 0 Å². The van der Waals surface area contributed by atoms with Crippen LogP contribution >= 0.6 is 0 Å². The normalized spacial score (nSPS) is 12.2. The molecule has 1 heterocycles. The van der Waals surface area contributed by atoms with E-state index in [-0.39, 0.29) is 11.8 Å². The average molecular weight is 268 g/mol. The molecule has 1 aromatic heterocycles. The minimum absolute atomic E-state index is 0.00333. The van der Waals surface area contributed by atoms with Crippen molar-refractivity contribution in [3.63, 3.8) is 0 Å². The van der Waals surface area contributed by atoms with E-state index in [0.29, 0.717) is 12.5 Å². The van der Waals surface area contributed by atoms with Gasteiger partial charge in [-0.25, -0.2) is 0 Å². The molecule has 0 spiro atoms. The van der Waals surface area contributed by atoms with E-state index in [1.165, 1.54) is 0 Å². The Labute approximate surface area is 120 Å². The zero-order valence-electron chi connectivity index (χ0n) is 11.9. The summed E-state index contributed by atoms with van der Waals surface area (Å²) in [5.41, 5.74) is 1.74. The number of amides is 1. The van der Waals surface area contributed by atoms with Crippen molar-refractivity contribution >= 4 is 5.91 Å². The van der Waals surface area contributed by atoms with Crippen molar-refractivity contribution < 1.29 is 4.79 Å². The lowest BCUT2D eigenvalue weighted by Crippen LogP contribution is -2.33. The van der Waals surface area contributed by atoms with Crippen LogP contribution in [0.3, 0.4) is 0 Å². The van der Waals surface area contributed by atoms with Gasteiger partial charge in [-0.3, -0.25) is 9.78 Å². The molecule has 3 nitrogen and oxygen atoms in total. The van der Waals surface area contributed by atoms with Crippen LogP contribution in [0.1, 0.15) is 31.0 Å². The molecule has 1 aromatic carbocycles. The summed E-state index contributed by atoms with van der Waals surface area (Å²) in [7, 11) is 0. The van der Waals surface area contributed by atoms with Crippen molar-refractivity contribution in [1.29, 1.82) is 0 Å². The van der Waals surface area contributed by atoms with Crippen LogP contribution in [-0.2, 0) is 4.79 Å². The Bertz CT molecular complexity index is 498. The van der Waals surface area contributed by atoms with Crippen LogP contribution in [0.5, 0.6) is 0 Å². The van der Waals surface area contributed by atoms with Crippen molar-refractivity contribution in [1.82, 2.24) is 10.3 Å². The summed E-state index contributed by atoms with van der Waals surface area (Å²) in [6.07, 6.45) is 1.72. The number of carbonyl (C=O) groups is 1. The summed E-state index contributed by atoms with van der Waals surface area (Å²) in [4.78, 5) is 16.8. The molecule has 2 aromatic rings. The van der Waals surface area contributed by atoms with Crippen LogP contribution in [-0.4, -0.2) is 17.4 Å². The molecule has 3 heteroatoms. The number of nitrogens with one attached hydrogen (secondary N) is 1. The summed E-state index contributed by atoms with van der Waals surface area (Å²) in [6.45, 7) is 4.84. The first kappa shape index (κ1) is 14.3. The van der Waals surface area contributed by atoms with Crippen molar-refractivity contribution in [2.75, 3.05) is 6.54 Å². The molecule has 0 saturated carbocycles. The molecule has 1 amide bonds. The number of hydrogen-bond acceptors (Lipinski definition) is 2. The third-order valence-corrected chi connectivity index (χ3v) is 3.06. The van der Waals surface area contributed by atoms with Gasteiger partial charge in [0.1, 0.15) is 5.92 Å². The van der Waals surface area contributed by atoms with Crippen molar-refractivity contribution in [2.45, 2.75) is 19.8 Å². The van der Waals surface area contributed by atoms with Crippen LogP contribution in [0.4, 0.5) is 0 Å². The number of pyridine rings is 1. The molecular weight excluding hydrogens is 248 g/mol. The van der Waals surface area contributed by atoms with E-state index < -0.39 is 0 Å². The topological polar surface area (TPSA) is 42.0 Å². The Morgan fingerprint density at radius 1 is 1.10 bits per heavy atom. The lowest BCUT2D eigenvalue weighted by Gasteiger charge is -2.17. The van der Waals surface area contributed by atoms with Gasteiger partial charge in [0.2, 0.25) is 5.91 Å². The number of aromatic nitrogens is 1. The smallest absolute Gasteiger partial charge is 0.233 e. The van der Waals surface area contributed by atoms with Gasteiger partial charge in [0, 0.05) is 12.7 Å². The predicted octanol–water partition coefficient (Wildman–Crippen LogP) is 2.99. The molecule has 0 radical (unpaired) electrons. The first-order valence-electron chi connectivity index (χ1n) is 6.92. The van der Waals surface area contributed by atoms with Gasteiger partial charge in [-0.15, -0.1) is 0 Å². The zero-order valence-corrected chi connectivity index (χ0v) is 11.9. The van der Waals surface area contributed by atoms with Crippen molar-refractivity contribution in [3.8, 4) is 0 Å². The van der Waals surface area contributed by atoms with Gasteiger partial charge in [-0.1, -0.05) is 50.2 Å². The number of hydrogen-bond donors (Lipinski definition) is 1. The first-order chi connectivity index (χ1) is 9.68. The van der Waals surface area contributed by atoms with Crippen LogP contribution in [0.2, 0.25) is 0 Å². The van der Waals surface area contributed by atoms with E-state index in [4.69, 9.17) is 0 Å². The number of nitrogens with zero attached hydrogens (tertiary/aromatic N) is 1. The maximum absolute atomic E-state index is 12.5. The highest BCUT2D eigenvalue weighted by atomic mass is 16.1. The lowest BCUT2D eigenvalue weighted by molar-refractivity contribution is -0.121. The Morgan fingerprint density at radius 3 is 2.40 bits per heavy atom. The maximum atomic E-state index is 12.5. The van der Waals surface area contributed by atoms with Gasteiger partial charge >= 0.3 is 0 Å². The summed E-state index contributed by atoms with van der Waals surface area (Å²) >= 11 is 0. The first-order valence-corrected chi connectivity index (χ1v) is 6.92. The monoisotopic (exact) mass is 268 g/mol. The fourth-order valence-corrected chi connectivity index (χ4v) is 2.06. The van der Waals surface area contributed by atoms with E-state index in [1.807, 2.05) is 48.5 Å². The highest BCUT2D eigenvalue weighted by Gasteiger charge is 2.23. The molecule has 1 atom stereocenters. The third kappa shape index (κ3) is 3.67. The standard InChI is InChI=1S/C17H20N2O/c1-13(2)12-19-17(20)16(14-8-4-3-5-9-14)15-10-6-7-11-18-15/h3-11,13,16H,12H2,1-2H3,(H,19,20). The fourth-order valence-electron chi connectivity index (χ4n) is 2.06. The van der Waals surface area contributed by atoms with Crippen molar-refractivity contribution in [3.05, 3.63) is 66.0 Å². The van der Waals surface area contributed by atoms with Gasteiger partial charge < -0.3 is 5.32 Å². The Hall–Kier alpha value is -2.16. The second-order valence-electron chi connectivity index (χ2n) is 5.24. The number of benzene rings is 1. The zero-order chi connectivity index (χ0) is 14.4. The van der Waals surface area contributed by atoms with Crippen molar-refractivity contribution in [2.24, 2.45) is 5.92 Å². The molecule has 0 bridgehead atoms. The Balaban J connectivity index is 2.28. The molecule has 0 aliphatic heterocycles. The average Bonchev–Trinajstić information content (AvgIpc) is 2.48. The summed E-state index contributed by atoms with van der Waals surface area (Å²) in [5.74, 6) is 0.0823. The van der Waals surface area contributed by atoms with E-state index in [9.17, 15) is 4.79 Å². The Morgan fingerprint density at radius 2 is 1.80 bits per heavy atom. The second kappa shape index (κ2) is 6.85. The van der Waals surface area contributed by atoms with Crippen LogP contribution in [0, 0.1) is 5.92 Å². The largest absolute Gasteiger partial charge is 0.355 e. The van der Waals surface area contributed by atoms with E-state index in [0.717, 1.165) is 11.3 Å². The second-order valence-corrected chi connectivity index (χ2v) is 5.24. The van der Waals surface area contributed by atoms with E-state index in [2.05, 4.69) is 24.1 Å². The highest BCUT2D eigenvalue weighted by molar-refractivity contribution is 5.86. The fraction of sp³-hybridized carbons (Fsp3) is 0.294. The molecule has 104 valence electrons. The van der Waals surface area contributed by atoms with Crippen LogP contribution in [0.15, 0.2) is 54.7 Å².